The summed E-state index contributed by atoms with van der Waals surface area (Å²) in [5.41, 5.74) is 0.860. The van der Waals surface area contributed by atoms with E-state index < -0.39 is 0 Å². The fourth-order valence-electron chi connectivity index (χ4n) is 0.975. The van der Waals surface area contributed by atoms with E-state index in [1.165, 1.54) is 0 Å². The van der Waals surface area contributed by atoms with Gasteiger partial charge in [0, 0.05) is 19.7 Å². The summed E-state index contributed by atoms with van der Waals surface area (Å²) >= 11 is 0. The molecule has 0 saturated carbocycles. The zero-order valence-electron chi connectivity index (χ0n) is 8.19. The highest BCUT2D eigenvalue weighted by Crippen LogP contribution is 1.92. The number of aromatic nitrogens is 1. The highest BCUT2D eigenvalue weighted by Gasteiger charge is 2.00. The van der Waals surface area contributed by atoms with Gasteiger partial charge in [-0.2, -0.15) is 0 Å². The first-order valence-corrected chi connectivity index (χ1v) is 4.48. The molecule has 1 heterocycles. The smallest absolute Gasteiger partial charge is 0.222 e. The molecule has 0 radical (unpaired) electrons. The van der Waals surface area contributed by atoms with E-state index in [1.54, 1.807) is 13.3 Å². The predicted molar refractivity (Wildman–Crippen MR) is 52.6 cm³/mol. The van der Waals surface area contributed by atoms with Crippen LogP contribution in [0.4, 0.5) is 0 Å². The van der Waals surface area contributed by atoms with Crippen LogP contribution in [0.3, 0.4) is 0 Å². The molecule has 14 heavy (non-hydrogen) atoms. The second-order valence-electron chi connectivity index (χ2n) is 2.84. The van der Waals surface area contributed by atoms with E-state index in [0.29, 0.717) is 19.6 Å². The molecule has 4 nitrogen and oxygen atoms in total. The first kappa shape index (κ1) is 10.7. The number of ether oxygens (including phenoxy) is 1. The van der Waals surface area contributed by atoms with Crippen molar-refractivity contribution in [3.05, 3.63) is 30.1 Å². The second kappa shape index (κ2) is 6.10. The molecule has 0 atom stereocenters. The molecule has 0 aliphatic rings. The van der Waals surface area contributed by atoms with Gasteiger partial charge in [-0.05, 0) is 12.1 Å². The average Bonchev–Trinajstić information content (AvgIpc) is 2.25. The summed E-state index contributed by atoms with van der Waals surface area (Å²) in [6.07, 6.45) is 2.10. The number of pyridine rings is 1. The van der Waals surface area contributed by atoms with Gasteiger partial charge in [-0.3, -0.25) is 9.78 Å². The van der Waals surface area contributed by atoms with Crippen LogP contribution >= 0.6 is 0 Å². The molecule has 0 fully saturated rings. The van der Waals surface area contributed by atoms with Crippen molar-refractivity contribution in [2.24, 2.45) is 0 Å². The molecular weight excluding hydrogens is 180 g/mol. The normalized spacial score (nSPS) is 9.79. The van der Waals surface area contributed by atoms with Crippen molar-refractivity contribution in [1.82, 2.24) is 10.3 Å². The van der Waals surface area contributed by atoms with Gasteiger partial charge in [-0.1, -0.05) is 6.07 Å². The van der Waals surface area contributed by atoms with Crippen LogP contribution < -0.4 is 5.32 Å². The van der Waals surface area contributed by atoms with Crippen molar-refractivity contribution in [3.8, 4) is 0 Å². The van der Waals surface area contributed by atoms with Gasteiger partial charge in [0.05, 0.1) is 18.8 Å². The van der Waals surface area contributed by atoms with Crippen LogP contribution in [0.15, 0.2) is 24.4 Å². The average molecular weight is 194 g/mol. The monoisotopic (exact) mass is 194 g/mol. The molecule has 1 aromatic heterocycles. The van der Waals surface area contributed by atoms with Crippen LogP contribution in [-0.2, 0) is 16.1 Å². The zero-order chi connectivity index (χ0) is 10.2. The molecule has 1 amide bonds. The Balaban J connectivity index is 2.24. The van der Waals surface area contributed by atoms with Crippen LogP contribution in [-0.4, -0.2) is 24.6 Å². The van der Waals surface area contributed by atoms with Crippen molar-refractivity contribution in [3.63, 3.8) is 0 Å². The quantitative estimate of drug-likeness (QED) is 0.752. The SMILES string of the molecule is COCCC(=O)NCc1ccccn1. The maximum absolute atomic E-state index is 11.2. The first-order valence-electron chi connectivity index (χ1n) is 4.48. The van der Waals surface area contributed by atoms with E-state index in [1.807, 2.05) is 18.2 Å². The highest BCUT2D eigenvalue weighted by molar-refractivity contribution is 5.75. The lowest BCUT2D eigenvalue weighted by Gasteiger charge is -2.03. The number of hydrogen-bond donors (Lipinski definition) is 1. The number of nitrogens with zero attached hydrogens (tertiary/aromatic N) is 1. The van der Waals surface area contributed by atoms with Gasteiger partial charge in [0.1, 0.15) is 0 Å². The standard InChI is InChI=1S/C10H14N2O2/c1-14-7-5-10(13)12-8-9-4-2-3-6-11-9/h2-4,6H,5,7-8H2,1H3,(H,12,13). The van der Waals surface area contributed by atoms with Crippen LogP contribution in [0.1, 0.15) is 12.1 Å². The Morgan fingerprint density at radius 1 is 1.57 bits per heavy atom. The van der Waals surface area contributed by atoms with Gasteiger partial charge in [0.25, 0.3) is 0 Å². The van der Waals surface area contributed by atoms with Gasteiger partial charge < -0.3 is 10.1 Å². The number of nitrogens with one attached hydrogen (secondary N) is 1. The minimum Gasteiger partial charge on any atom is -0.384 e. The Labute approximate surface area is 83.3 Å². The molecule has 0 aliphatic heterocycles. The van der Waals surface area contributed by atoms with Crippen molar-refractivity contribution >= 4 is 5.91 Å². The molecule has 4 heteroatoms. The third-order valence-electron chi connectivity index (χ3n) is 1.73. The lowest BCUT2D eigenvalue weighted by molar-refractivity contribution is -0.122. The Hall–Kier alpha value is -1.42. The largest absolute Gasteiger partial charge is 0.384 e. The molecule has 0 spiro atoms. The Morgan fingerprint density at radius 2 is 2.43 bits per heavy atom. The van der Waals surface area contributed by atoms with E-state index in [0.717, 1.165) is 5.69 Å². The summed E-state index contributed by atoms with van der Waals surface area (Å²) < 4.78 is 4.79. The van der Waals surface area contributed by atoms with E-state index in [-0.39, 0.29) is 5.91 Å². The molecule has 1 N–H and O–H groups in total. The summed E-state index contributed by atoms with van der Waals surface area (Å²) in [5, 5.41) is 2.75. The van der Waals surface area contributed by atoms with Crippen molar-refractivity contribution in [2.45, 2.75) is 13.0 Å². The van der Waals surface area contributed by atoms with Gasteiger partial charge in [-0.25, -0.2) is 0 Å². The molecule has 0 unspecified atom stereocenters. The van der Waals surface area contributed by atoms with E-state index in [4.69, 9.17) is 4.74 Å². The zero-order valence-corrected chi connectivity index (χ0v) is 8.19. The number of carbonyl (C=O) groups excluding carboxylic acids is 1. The van der Waals surface area contributed by atoms with E-state index >= 15 is 0 Å². The first-order chi connectivity index (χ1) is 6.83. The van der Waals surface area contributed by atoms with Gasteiger partial charge >= 0.3 is 0 Å². The van der Waals surface area contributed by atoms with Crippen molar-refractivity contribution in [2.75, 3.05) is 13.7 Å². The minimum absolute atomic E-state index is 0.0162. The summed E-state index contributed by atoms with van der Waals surface area (Å²) in [6, 6.07) is 5.61. The maximum Gasteiger partial charge on any atom is 0.222 e. The maximum atomic E-state index is 11.2. The molecular formula is C10H14N2O2. The summed E-state index contributed by atoms with van der Waals surface area (Å²) in [4.78, 5) is 15.2. The molecule has 0 aliphatic carbocycles. The Morgan fingerprint density at radius 3 is 3.07 bits per heavy atom. The number of rotatable bonds is 5. The number of hydrogen-bond acceptors (Lipinski definition) is 3. The number of methoxy groups -OCH3 is 1. The molecule has 0 bridgehead atoms. The number of amides is 1. The molecule has 1 rings (SSSR count). The van der Waals surface area contributed by atoms with Crippen molar-refractivity contribution in [1.29, 1.82) is 0 Å². The number of carbonyl (C=O) groups is 1. The second-order valence-corrected chi connectivity index (χ2v) is 2.84. The Bertz CT molecular complexity index is 275. The van der Waals surface area contributed by atoms with Gasteiger partial charge in [0.2, 0.25) is 5.91 Å². The lowest BCUT2D eigenvalue weighted by atomic mass is 10.3. The van der Waals surface area contributed by atoms with Crippen LogP contribution in [0, 0.1) is 0 Å². The van der Waals surface area contributed by atoms with Crippen LogP contribution in [0.25, 0.3) is 0 Å². The fraction of sp³-hybridized carbons (Fsp3) is 0.400. The lowest BCUT2D eigenvalue weighted by Crippen LogP contribution is -2.24. The van der Waals surface area contributed by atoms with E-state index in [2.05, 4.69) is 10.3 Å². The van der Waals surface area contributed by atoms with Crippen LogP contribution in [0.5, 0.6) is 0 Å². The summed E-state index contributed by atoms with van der Waals surface area (Å²) in [7, 11) is 1.58. The molecule has 0 saturated heterocycles. The van der Waals surface area contributed by atoms with Crippen LogP contribution in [0.2, 0.25) is 0 Å². The topological polar surface area (TPSA) is 51.2 Å². The van der Waals surface area contributed by atoms with Gasteiger partial charge in [-0.15, -0.1) is 0 Å². The molecule has 76 valence electrons. The Kier molecular flexibility index (Phi) is 4.64. The minimum atomic E-state index is -0.0162. The molecule has 1 aromatic rings. The molecule has 0 aromatic carbocycles. The van der Waals surface area contributed by atoms with Gasteiger partial charge in [0.15, 0.2) is 0 Å². The fourth-order valence-corrected chi connectivity index (χ4v) is 0.975. The third-order valence-corrected chi connectivity index (χ3v) is 1.73. The van der Waals surface area contributed by atoms with E-state index in [9.17, 15) is 4.79 Å². The predicted octanol–water partition coefficient (Wildman–Crippen LogP) is 0.734. The summed E-state index contributed by atoms with van der Waals surface area (Å²) in [6.45, 7) is 0.928. The summed E-state index contributed by atoms with van der Waals surface area (Å²) in [5.74, 6) is -0.0162. The highest BCUT2D eigenvalue weighted by atomic mass is 16.5. The van der Waals surface area contributed by atoms with Crippen molar-refractivity contribution < 1.29 is 9.53 Å². The third kappa shape index (κ3) is 4.00.